The Hall–Kier alpha value is -1.22. The number of thiophene rings is 2. The van der Waals surface area contributed by atoms with Gasteiger partial charge >= 0.3 is 0 Å². The summed E-state index contributed by atoms with van der Waals surface area (Å²) in [6.45, 7) is 2.99. The summed E-state index contributed by atoms with van der Waals surface area (Å²) in [6, 6.07) is 5.51. The highest BCUT2D eigenvalue weighted by atomic mass is 32.2. The minimum Gasteiger partial charge on any atom is -0.356 e. The van der Waals surface area contributed by atoms with E-state index in [1.807, 2.05) is 17.5 Å². The number of carbonyl (C=O) groups excluding carboxylic acids is 1. The molecule has 2 aromatic heterocycles. The van der Waals surface area contributed by atoms with Crippen molar-refractivity contribution in [2.45, 2.75) is 30.5 Å². The zero-order valence-electron chi connectivity index (χ0n) is 12.7. The van der Waals surface area contributed by atoms with E-state index >= 15 is 0 Å². The number of carbonyl (C=O) groups is 1. The van der Waals surface area contributed by atoms with Crippen molar-refractivity contribution in [1.82, 2.24) is 9.62 Å². The Morgan fingerprint density at radius 2 is 2.17 bits per heavy atom. The molecule has 0 fully saturated rings. The summed E-state index contributed by atoms with van der Waals surface area (Å²) in [5, 5.41) is 4.74. The summed E-state index contributed by atoms with van der Waals surface area (Å²) in [4.78, 5) is 13.1. The highest BCUT2D eigenvalue weighted by molar-refractivity contribution is 7.91. The highest BCUT2D eigenvalue weighted by Gasteiger charge is 2.29. The number of nitrogens with zero attached hydrogens (tertiary/aromatic N) is 1. The Labute approximate surface area is 144 Å². The topological polar surface area (TPSA) is 66.5 Å². The molecule has 0 saturated carbocycles. The van der Waals surface area contributed by atoms with Crippen LogP contribution in [-0.4, -0.2) is 31.7 Å². The minimum absolute atomic E-state index is 0.0747. The molecule has 0 spiro atoms. The normalized spacial score (nSPS) is 15.3. The monoisotopic (exact) mass is 370 g/mol. The SMILES string of the molecule is CC(=O)NCCc1ccc(S(=O)(=O)N2CCc3sccc3C2)s1. The molecule has 0 saturated heterocycles. The molecule has 1 aliphatic rings. The Balaban J connectivity index is 1.71. The molecule has 0 aromatic carbocycles. The maximum Gasteiger partial charge on any atom is 0.252 e. The van der Waals surface area contributed by atoms with E-state index in [0.29, 0.717) is 30.3 Å². The lowest BCUT2D eigenvalue weighted by molar-refractivity contribution is -0.118. The molecular formula is C15H18N2O3S3. The molecular weight excluding hydrogens is 352 g/mol. The first-order valence-electron chi connectivity index (χ1n) is 7.35. The molecule has 1 amide bonds. The summed E-state index contributed by atoms with van der Waals surface area (Å²) in [7, 11) is -3.43. The largest absolute Gasteiger partial charge is 0.356 e. The molecule has 8 heteroatoms. The van der Waals surface area contributed by atoms with E-state index in [4.69, 9.17) is 0 Å². The first kappa shape index (κ1) is 16.6. The van der Waals surface area contributed by atoms with Crippen LogP contribution in [0, 0.1) is 0 Å². The van der Waals surface area contributed by atoms with Gasteiger partial charge in [0.2, 0.25) is 5.91 Å². The van der Waals surface area contributed by atoms with Crippen LogP contribution in [0.15, 0.2) is 27.8 Å². The van der Waals surface area contributed by atoms with Crippen LogP contribution in [0.5, 0.6) is 0 Å². The standard InChI is InChI=1S/C15H18N2O3S3/c1-11(18)16-7-4-13-2-3-15(22-13)23(19,20)17-8-5-14-12(10-17)6-9-21-14/h2-3,6,9H,4-5,7-8,10H2,1H3,(H,16,18). The van der Waals surface area contributed by atoms with Gasteiger partial charge in [0.15, 0.2) is 0 Å². The van der Waals surface area contributed by atoms with Gasteiger partial charge in [-0.15, -0.1) is 22.7 Å². The van der Waals surface area contributed by atoms with E-state index in [0.717, 1.165) is 16.9 Å². The molecule has 124 valence electrons. The van der Waals surface area contributed by atoms with Gasteiger partial charge in [0, 0.05) is 36.3 Å². The Morgan fingerprint density at radius 1 is 1.35 bits per heavy atom. The van der Waals surface area contributed by atoms with Crippen molar-refractivity contribution in [1.29, 1.82) is 0 Å². The van der Waals surface area contributed by atoms with E-state index in [1.54, 1.807) is 21.7 Å². The average molecular weight is 371 g/mol. The maximum atomic E-state index is 12.8. The Bertz CT molecular complexity index is 808. The number of nitrogens with one attached hydrogen (secondary N) is 1. The molecule has 1 N–H and O–H groups in total. The fourth-order valence-electron chi connectivity index (χ4n) is 2.55. The Morgan fingerprint density at radius 3 is 2.96 bits per heavy atom. The molecule has 5 nitrogen and oxygen atoms in total. The molecule has 0 radical (unpaired) electrons. The van der Waals surface area contributed by atoms with Gasteiger partial charge in [-0.2, -0.15) is 4.31 Å². The van der Waals surface area contributed by atoms with Gasteiger partial charge in [-0.3, -0.25) is 4.79 Å². The smallest absolute Gasteiger partial charge is 0.252 e. The minimum atomic E-state index is -3.43. The summed E-state index contributed by atoms with van der Waals surface area (Å²) in [6.07, 6.45) is 1.43. The molecule has 2 aromatic rings. The number of rotatable bonds is 5. The van der Waals surface area contributed by atoms with Crippen LogP contribution in [0.25, 0.3) is 0 Å². The maximum absolute atomic E-state index is 12.8. The van der Waals surface area contributed by atoms with Crippen LogP contribution >= 0.6 is 22.7 Å². The number of hydrogen-bond donors (Lipinski definition) is 1. The van der Waals surface area contributed by atoms with Crippen molar-refractivity contribution in [2.24, 2.45) is 0 Å². The molecule has 1 aliphatic heterocycles. The van der Waals surface area contributed by atoms with E-state index in [-0.39, 0.29) is 5.91 Å². The third-order valence-electron chi connectivity index (χ3n) is 3.75. The summed E-state index contributed by atoms with van der Waals surface area (Å²) in [5.74, 6) is -0.0747. The molecule has 0 aliphatic carbocycles. The summed E-state index contributed by atoms with van der Waals surface area (Å²) >= 11 is 2.99. The fraction of sp³-hybridized carbons (Fsp3) is 0.400. The molecule has 3 rings (SSSR count). The lowest BCUT2D eigenvalue weighted by atomic mass is 10.1. The molecule has 0 bridgehead atoms. The van der Waals surface area contributed by atoms with Gasteiger partial charge in [0.05, 0.1) is 0 Å². The van der Waals surface area contributed by atoms with Crippen molar-refractivity contribution in [3.05, 3.63) is 38.9 Å². The molecule has 0 atom stereocenters. The second-order valence-electron chi connectivity index (χ2n) is 5.41. The van der Waals surface area contributed by atoms with E-state index in [2.05, 4.69) is 5.32 Å². The van der Waals surface area contributed by atoms with Crippen molar-refractivity contribution >= 4 is 38.6 Å². The second-order valence-corrected chi connectivity index (χ2v) is 9.75. The van der Waals surface area contributed by atoms with E-state index < -0.39 is 10.0 Å². The van der Waals surface area contributed by atoms with Gasteiger partial charge in [0.1, 0.15) is 4.21 Å². The van der Waals surface area contributed by atoms with Crippen LogP contribution in [0.4, 0.5) is 0 Å². The first-order valence-corrected chi connectivity index (χ1v) is 10.5. The highest BCUT2D eigenvalue weighted by Crippen LogP contribution is 2.31. The van der Waals surface area contributed by atoms with Crippen LogP contribution in [-0.2, 0) is 34.2 Å². The predicted octanol–water partition coefficient (Wildman–Crippen LogP) is 2.24. The van der Waals surface area contributed by atoms with Crippen LogP contribution in [0.3, 0.4) is 0 Å². The average Bonchev–Trinajstić information content (AvgIpc) is 3.15. The van der Waals surface area contributed by atoms with Crippen molar-refractivity contribution < 1.29 is 13.2 Å². The van der Waals surface area contributed by atoms with Gasteiger partial charge in [-0.05, 0) is 42.0 Å². The third kappa shape index (κ3) is 3.65. The Kier molecular flexibility index (Phi) is 4.86. The van der Waals surface area contributed by atoms with E-state index in [9.17, 15) is 13.2 Å². The number of fused-ring (bicyclic) bond motifs is 1. The second kappa shape index (κ2) is 6.72. The van der Waals surface area contributed by atoms with E-state index in [1.165, 1.54) is 23.1 Å². The van der Waals surface area contributed by atoms with Crippen molar-refractivity contribution in [3.8, 4) is 0 Å². The van der Waals surface area contributed by atoms with Crippen molar-refractivity contribution in [3.63, 3.8) is 0 Å². The summed E-state index contributed by atoms with van der Waals surface area (Å²) in [5.41, 5.74) is 1.12. The molecule has 0 unspecified atom stereocenters. The molecule has 23 heavy (non-hydrogen) atoms. The van der Waals surface area contributed by atoms with Gasteiger partial charge in [0.25, 0.3) is 10.0 Å². The van der Waals surface area contributed by atoms with Crippen LogP contribution in [0.2, 0.25) is 0 Å². The third-order valence-corrected chi connectivity index (χ3v) is 8.23. The zero-order valence-corrected chi connectivity index (χ0v) is 15.2. The number of hydrogen-bond acceptors (Lipinski definition) is 5. The number of sulfonamides is 1. The fourth-order valence-corrected chi connectivity index (χ4v) is 6.37. The van der Waals surface area contributed by atoms with Crippen LogP contribution in [0.1, 0.15) is 22.2 Å². The predicted molar refractivity (Wildman–Crippen MR) is 92.3 cm³/mol. The summed E-state index contributed by atoms with van der Waals surface area (Å²) < 4.78 is 27.5. The lowest BCUT2D eigenvalue weighted by Crippen LogP contribution is -2.34. The van der Waals surface area contributed by atoms with Gasteiger partial charge in [-0.25, -0.2) is 8.42 Å². The van der Waals surface area contributed by atoms with Crippen molar-refractivity contribution in [2.75, 3.05) is 13.1 Å². The zero-order chi connectivity index (χ0) is 16.4. The van der Waals surface area contributed by atoms with Gasteiger partial charge < -0.3 is 5.32 Å². The van der Waals surface area contributed by atoms with Gasteiger partial charge in [-0.1, -0.05) is 0 Å². The quantitative estimate of drug-likeness (QED) is 0.878. The lowest BCUT2D eigenvalue weighted by Gasteiger charge is -2.25. The van der Waals surface area contributed by atoms with Crippen LogP contribution < -0.4 is 5.32 Å². The first-order chi connectivity index (χ1) is 11.0. The molecule has 3 heterocycles. The number of amides is 1.